The lowest BCUT2D eigenvalue weighted by atomic mass is 10.1. The fourth-order valence-electron chi connectivity index (χ4n) is 6.69. The van der Waals surface area contributed by atoms with Gasteiger partial charge in [0.2, 0.25) is 0 Å². The summed E-state index contributed by atoms with van der Waals surface area (Å²) in [6.45, 7) is 1.73. The molecular weight excluding hydrogens is 948 g/mol. The first kappa shape index (κ1) is 61.0. The summed E-state index contributed by atoms with van der Waals surface area (Å²) in [4.78, 5) is 120. The highest BCUT2D eigenvalue weighted by Crippen LogP contribution is 2.32. The Labute approximate surface area is 391 Å². The van der Waals surface area contributed by atoms with Crippen molar-refractivity contribution in [3.63, 3.8) is 0 Å². The molecule has 32 nitrogen and oxygen atoms in total. The fraction of sp³-hybridized carbons (Fsp3) is 0.811. The highest BCUT2D eigenvalue weighted by Gasteiger charge is 2.52. The first-order valence-electron chi connectivity index (χ1n) is 20.2. The molecular formula is C37H58N4O28. The van der Waals surface area contributed by atoms with Gasteiger partial charge in [-0.05, 0) is 0 Å². The molecule has 0 radical (unpaired) electrons. The SMILES string of the molecule is C.C.CC(=O)OCC(=O)NCC(=O)O.CCC(=O)CCC(=O)O[C@H]1CO[C@H]2[C@@H]1OC[C@H]2O[N+](=O)[O-].O=C(CO)CCC(=O)O[C@H]1CO[C@H]2[C@@H]1OC[C@H]2O[N+](=O)[O-].O=[N+]([O-])O[C@@H]1CO[C@H]2[C@@H]1OC[C@@H]2O. The Bertz CT molecular complexity index is 1660. The van der Waals surface area contributed by atoms with Gasteiger partial charge in [0, 0.05) is 26.2 Å². The highest BCUT2D eigenvalue weighted by molar-refractivity contribution is 5.84. The van der Waals surface area contributed by atoms with Crippen molar-refractivity contribution in [3.8, 4) is 0 Å². The second-order valence-corrected chi connectivity index (χ2v) is 14.6. The molecule has 0 spiro atoms. The van der Waals surface area contributed by atoms with Gasteiger partial charge in [-0.15, -0.1) is 30.3 Å². The van der Waals surface area contributed by atoms with Crippen LogP contribution in [0.2, 0.25) is 0 Å². The van der Waals surface area contributed by atoms with Crippen LogP contribution in [0.3, 0.4) is 0 Å². The van der Waals surface area contributed by atoms with Gasteiger partial charge in [0.05, 0.1) is 52.5 Å². The zero-order chi connectivity index (χ0) is 49.8. The first-order chi connectivity index (χ1) is 31.7. The molecule has 6 saturated heterocycles. The molecule has 6 aliphatic rings. The minimum atomic E-state index is -1.15. The molecule has 0 saturated carbocycles. The minimum absolute atomic E-state index is 0. The molecule has 0 aliphatic carbocycles. The molecule has 32 heteroatoms. The van der Waals surface area contributed by atoms with E-state index < -0.39 is 144 Å². The maximum Gasteiger partial charge on any atom is 0.322 e. The van der Waals surface area contributed by atoms with Crippen LogP contribution in [0, 0.1) is 30.3 Å². The zero-order valence-corrected chi connectivity index (χ0v) is 35.7. The Morgan fingerprint density at radius 1 is 0.594 bits per heavy atom. The number of esters is 3. The van der Waals surface area contributed by atoms with E-state index in [1.165, 1.54) is 0 Å². The van der Waals surface area contributed by atoms with Gasteiger partial charge in [-0.1, -0.05) is 21.8 Å². The number of hydrogen-bond donors (Lipinski definition) is 4. The quantitative estimate of drug-likeness (QED) is 0.0420. The van der Waals surface area contributed by atoms with E-state index in [4.69, 9.17) is 48.1 Å². The predicted octanol–water partition coefficient (Wildman–Crippen LogP) is -2.61. The lowest BCUT2D eigenvalue weighted by molar-refractivity contribution is -0.769. The van der Waals surface area contributed by atoms with Crippen LogP contribution < -0.4 is 5.32 Å². The summed E-state index contributed by atoms with van der Waals surface area (Å²) < 4.78 is 46.1. The third kappa shape index (κ3) is 20.6. The highest BCUT2D eigenvalue weighted by atomic mass is 17.0. The monoisotopic (exact) mass is 1010 g/mol. The van der Waals surface area contributed by atoms with Gasteiger partial charge in [-0.2, -0.15) is 0 Å². The number of nitrogens with zero attached hydrogens (tertiary/aromatic N) is 3. The summed E-state index contributed by atoms with van der Waals surface area (Å²) in [7, 11) is 0. The molecule has 6 fully saturated rings. The Kier molecular flexibility index (Phi) is 26.9. The van der Waals surface area contributed by atoms with Crippen molar-refractivity contribution < 1.29 is 121 Å². The lowest BCUT2D eigenvalue weighted by Gasteiger charge is -2.16. The fourth-order valence-corrected chi connectivity index (χ4v) is 6.69. The van der Waals surface area contributed by atoms with Crippen molar-refractivity contribution in [1.29, 1.82) is 0 Å². The topological polar surface area (TPSA) is 432 Å². The number of carbonyl (C=O) groups is 7. The van der Waals surface area contributed by atoms with Gasteiger partial charge >= 0.3 is 23.9 Å². The first-order valence-corrected chi connectivity index (χ1v) is 20.2. The number of carbonyl (C=O) groups excluding carboxylic acids is 6. The van der Waals surface area contributed by atoms with Crippen molar-refractivity contribution in [2.24, 2.45) is 0 Å². The van der Waals surface area contributed by atoms with Crippen LogP contribution in [0.5, 0.6) is 0 Å². The summed E-state index contributed by atoms with van der Waals surface area (Å²) >= 11 is 0. The second-order valence-electron chi connectivity index (χ2n) is 14.6. The molecule has 0 unspecified atom stereocenters. The van der Waals surface area contributed by atoms with E-state index in [9.17, 15) is 69.0 Å². The standard InChI is InChI=1S/C12H17NO8.C11H15NO9.C6H9NO6.C6H9NO5.2CH4/c1-2-7(14)3-4-10(15)20-8-5-18-12-9(21-13(16)17)6-19-11(8)12;13-3-6(14)1-2-9(15)20-7-4-18-11-8(21-12(16)17)5-19-10(7)11;8-3-1-11-6-4(13-7(9)10)2-12-5(3)6;1-4(8)12-3-5(9)7-2-6(10)11;;/h8-9,11-12H,2-6H2,1H3;7-8,10-11,13H,1-5H2;3-6,8H,1-2H2;2-3H2,1H3,(H,7,9)(H,10,11);2*1H4/t8-,9+,11+,12+;7-,8+,10+,11+;3-,4+,5+,6+;;;/m000.../s1. The summed E-state index contributed by atoms with van der Waals surface area (Å²) in [6.07, 6.45) is -7.56. The molecule has 394 valence electrons. The summed E-state index contributed by atoms with van der Waals surface area (Å²) in [5, 5.41) is 56.0. The van der Waals surface area contributed by atoms with E-state index in [0.29, 0.717) is 6.42 Å². The van der Waals surface area contributed by atoms with E-state index in [-0.39, 0.29) is 86.0 Å². The number of aliphatic hydroxyl groups is 2. The van der Waals surface area contributed by atoms with Gasteiger partial charge in [-0.3, -0.25) is 33.6 Å². The average molecular weight is 1010 g/mol. The largest absolute Gasteiger partial charge is 0.480 e. The van der Waals surface area contributed by atoms with Crippen molar-refractivity contribution >= 4 is 41.4 Å². The number of Topliss-reactive ketones (excluding diaryl/α,β-unsaturated/α-hetero) is 2. The number of aliphatic carboxylic acids is 1. The van der Waals surface area contributed by atoms with E-state index in [2.05, 4.69) is 19.2 Å². The van der Waals surface area contributed by atoms with Crippen molar-refractivity contribution in [2.75, 3.05) is 59.4 Å². The molecule has 6 aliphatic heterocycles. The number of carboxylic acid groups (broad SMARTS) is 1. The average Bonchev–Trinajstić information content (AvgIpc) is 4.14. The van der Waals surface area contributed by atoms with Crippen LogP contribution in [0.25, 0.3) is 0 Å². The van der Waals surface area contributed by atoms with Crippen molar-refractivity contribution in [1.82, 2.24) is 5.32 Å². The molecule has 0 bridgehead atoms. The van der Waals surface area contributed by atoms with Gasteiger partial charge in [-0.25, -0.2) is 0 Å². The second kappa shape index (κ2) is 30.5. The van der Waals surface area contributed by atoms with Crippen LogP contribution in [-0.4, -0.2) is 205 Å². The van der Waals surface area contributed by atoms with Crippen LogP contribution in [0.15, 0.2) is 0 Å². The van der Waals surface area contributed by atoms with Gasteiger partial charge in [0.15, 0.2) is 42.9 Å². The molecule has 6 heterocycles. The molecule has 0 aromatic rings. The summed E-state index contributed by atoms with van der Waals surface area (Å²) in [5.74, 6) is -3.95. The van der Waals surface area contributed by atoms with E-state index >= 15 is 0 Å². The number of hydrogen-bond acceptors (Lipinski definition) is 27. The number of carboxylic acids is 1. The zero-order valence-electron chi connectivity index (χ0n) is 35.7. The number of ketones is 2. The number of amides is 1. The number of ether oxygens (including phenoxy) is 9. The number of rotatable bonds is 20. The van der Waals surface area contributed by atoms with Crippen LogP contribution in [0.1, 0.15) is 60.8 Å². The van der Waals surface area contributed by atoms with Gasteiger partial charge in [0.25, 0.3) is 21.2 Å². The third-order valence-electron chi connectivity index (χ3n) is 9.77. The Morgan fingerprint density at radius 3 is 1.33 bits per heavy atom. The summed E-state index contributed by atoms with van der Waals surface area (Å²) in [6, 6.07) is 0. The van der Waals surface area contributed by atoms with Crippen LogP contribution >= 0.6 is 0 Å². The Balaban J connectivity index is 0.000000469. The molecule has 0 aromatic carbocycles. The smallest absolute Gasteiger partial charge is 0.322 e. The number of nitrogens with one attached hydrogen (secondary N) is 1. The van der Waals surface area contributed by atoms with E-state index in [1.807, 2.05) is 5.32 Å². The summed E-state index contributed by atoms with van der Waals surface area (Å²) in [5.41, 5.74) is 0. The van der Waals surface area contributed by atoms with E-state index in [0.717, 1.165) is 6.92 Å². The minimum Gasteiger partial charge on any atom is -0.480 e. The van der Waals surface area contributed by atoms with Gasteiger partial charge in [0.1, 0.15) is 61.7 Å². The van der Waals surface area contributed by atoms with Crippen LogP contribution in [-0.2, 0) is 90.7 Å². The van der Waals surface area contributed by atoms with Gasteiger partial charge < -0.3 is 77.8 Å². The molecule has 0 aromatic heterocycles. The molecule has 1 amide bonds. The molecule has 6 rings (SSSR count). The third-order valence-corrected chi connectivity index (χ3v) is 9.77. The normalized spacial score (nSPS) is 28.3. The maximum atomic E-state index is 11.6. The number of aliphatic hydroxyl groups excluding tert-OH is 2. The molecule has 4 N–H and O–H groups in total. The van der Waals surface area contributed by atoms with Crippen molar-refractivity contribution in [2.45, 2.75) is 134 Å². The lowest BCUT2D eigenvalue weighted by Crippen LogP contribution is -2.35. The Morgan fingerprint density at radius 2 is 0.957 bits per heavy atom. The van der Waals surface area contributed by atoms with Crippen molar-refractivity contribution in [3.05, 3.63) is 30.3 Å². The predicted molar refractivity (Wildman–Crippen MR) is 216 cm³/mol. The molecule has 12 atom stereocenters. The van der Waals surface area contributed by atoms with E-state index in [1.54, 1.807) is 6.92 Å². The molecule has 69 heavy (non-hydrogen) atoms. The number of fused-ring (bicyclic) bond motifs is 3. The Hall–Kier alpha value is -6.03. The maximum absolute atomic E-state index is 11.6. The van der Waals surface area contributed by atoms with Crippen LogP contribution in [0.4, 0.5) is 0 Å².